The molecule has 5 heteroatoms. The van der Waals surface area contributed by atoms with Gasteiger partial charge >= 0.3 is 5.97 Å². The van der Waals surface area contributed by atoms with Gasteiger partial charge in [0.05, 0.1) is 15.6 Å². The molecule has 0 saturated heterocycles. The number of fused-ring (bicyclic) bond motifs is 1. The van der Waals surface area contributed by atoms with Crippen LogP contribution in [0.3, 0.4) is 0 Å². The van der Waals surface area contributed by atoms with E-state index in [-0.39, 0.29) is 17.8 Å². The number of benzene rings is 3. The van der Waals surface area contributed by atoms with E-state index in [1.807, 2.05) is 30.3 Å². The molecule has 0 bridgehead atoms. The second-order valence-corrected chi connectivity index (χ2v) is 6.94. The van der Waals surface area contributed by atoms with Crippen molar-refractivity contribution in [1.82, 2.24) is 0 Å². The summed E-state index contributed by atoms with van der Waals surface area (Å²) in [7, 11) is 0. The molecule has 0 fully saturated rings. The molecule has 3 rings (SSSR count). The highest BCUT2D eigenvalue weighted by Crippen LogP contribution is 2.24. The number of carbonyl (C=O) groups excluding carboxylic acids is 1. The lowest BCUT2D eigenvalue weighted by Crippen LogP contribution is -2.09. The quantitative estimate of drug-likeness (QED) is 0.600. The third-order valence-electron chi connectivity index (χ3n) is 4.27. The third kappa shape index (κ3) is 4.24. The zero-order valence-corrected chi connectivity index (χ0v) is 15.3. The number of hydrogen-bond donors (Lipinski definition) is 1. The average molecular weight is 387 g/mol. The van der Waals surface area contributed by atoms with E-state index in [9.17, 15) is 14.7 Å². The second kappa shape index (κ2) is 7.90. The van der Waals surface area contributed by atoms with Gasteiger partial charge in [0.25, 0.3) is 0 Å². The Hall–Kier alpha value is -2.36. The molecule has 3 aromatic rings. The Bertz CT molecular complexity index is 996. The molecule has 3 nitrogen and oxygen atoms in total. The Labute approximate surface area is 161 Å². The fourth-order valence-electron chi connectivity index (χ4n) is 2.91. The van der Waals surface area contributed by atoms with Crippen molar-refractivity contribution in [3.8, 4) is 0 Å². The van der Waals surface area contributed by atoms with Gasteiger partial charge in [-0.15, -0.1) is 0 Å². The molecule has 0 aliphatic heterocycles. The van der Waals surface area contributed by atoms with Crippen LogP contribution in [0.2, 0.25) is 10.0 Å². The number of Topliss-reactive ketones (excluding diaryl/α,β-unsaturated/α-hetero) is 1. The molecule has 0 unspecified atom stereocenters. The van der Waals surface area contributed by atoms with E-state index in [1.165, 1.54) is 0 Å². The summed E-state index contributed by atoms with van der Waals surface area (Å²) in [5.41, 5.74) is 1.63. The molecule has 132 valence electrons. The van der Waals surface area contributed by atoms with Crippen molar-refractivity contribution in [2.24, 2.45) is 0 Å². The molecule has 0 atom stereocenters. The standard InChI is InChI=1S/C21H16Cl2O3/c22-19-8-6-13(9-20(19)23)5-7-17(24)11-16-10-14-3-1-2-4-15(14)12-18(16)21(25)26/h1-4,6,8-10,12H,5,7,11H2,(H,25,26). The number of halogens is 2. The van der Waals surface area contributed by atoms with Crippen LogP contribution in [-0.2, 0) is 17.6 Å². The number of ketones is 1. The van der Waals surface area contributed by atoms with Gasteiger partial charge in [0.15, 0.2) is 0 Å². The fraction of sp³-hybridized carbons (Fsp3) is 0.143. The van der Waals surface area contributed by atoms with Crippen molar-refractivity contribution < 1.29 is 14.7 Å². The number of carboxylic acids is 1. The van der Waals surface area contributed by atoms with Crippen LogP contribution >= 0.6 is 23.2 Å². The van der Waals surface area contributed by atoms with E-state index in [0.717, 1.165) is 16.3 Å². The third-order valence-corrected chi connectivity index (χ3v) is 5.01. The molecule has 0 amide bonds. The summed E-state index contributed by atoms with van der Waals surface area (Å²) in [5, 5.41) is 12.2. The summed E-state index contributed by atoms with van der Waals surface area (Å²) in [4.78, 5) is 24.0. The summed E-state index contributed by atoms with van der Waals surface area (Å²) in [6.45, 7) is 0. The molecule has 0 aliphatic carbocycles. The summed E-state index contributed by atoms with van der Waals surface area (Å²) < 4.78 is 0. The highest BCUT2D eigenvalue weighted by Gasteiger charge is 2.15. The van der Waals surface area contributed by atoms with Crippen LogP contribution in [0.1, 0.15) is 27.9 Å². The van der Waals surface area contributed by atoms with Crippen molar-refractivity contribution >= 4 is 45.7 Å². The van der Waals surface area contributed by atoms with Crippen LogP contribution in [0.25, 0.3) is 10.8 Å². The van der Waals surface area contributed by atoms with Gasteiger partial charge in [0.2, 0.25) is 0 Å². The first-order valence-corrected chi connectivity index (χ1v) is 8.90. The molecule has 0 heterocycles. The van der Waals surface area contributed by atoms with E-state index in [2.05, 4.69) is 0 Å². The summed E-state index contributed by atoms with van der Waals surface area (Å²) >= 11 is 11.9. The zero-order chi connectivity index (χ0) is 18.7. The van der Waals surface area contributed by atoms with Crippen molar-refractivity contribution in [1.29, 1.82) is 0 Å². The number of hydrogen-bond acceptors (Lipinski definition) is 2. The largest absolute Gasteiger partial charge is 0.478 e. The predicted octanol–water partition coefficient (Wildman–Crippen LogP) is 5.59. The van der Waals surface area contributed by atoms with E-state index < -0.39 is 5.97 Å². The Morgan fingerprint density at radius 3 is 2.23 bits per heavy atom. The molecule has 1 N–H and O–H groups in total. The van der Waals surface area contributed by atoms with Gasteiger partial charge in [-0.05, 0) is 52.6 Å². The predicted molar refractivity (Wildman–Crippen MR) is 104 cm³/mol. The van der Waals surface area contributed by atoms with Crippen LogP contribution in [0.4, 0.5) is 0 Å². The highest BCUT2D eigenvalue weighted by molar-refractivity contribution is 6.42. The van der Waals surface area contributed by atoms with Gasteiger partial charge in [-0.1, -0.05) is 53.5 Å². The lowest BCUT2D eigenvalue weighted by Gasteiger charge is -2.09. The maximum absolute atomic E-state index is 12.4. The molecule has 26 heavy (non-hydrogen) atoms. The zero-order valence-electron chi connectivity index (χ0n) is 13.8. The lowest BCUT2D eigenvalue weighted by molar-refractivity contribution is -0.118. The minimum Gasteiger partial charge on any atom is -0.478 e. The Balaban J connectivity index is 1.76. The summed E-state index contributed by atoms with van der Waals surface area (Å²) in [5.74, 6) is -1.04. The minimum atomic E-state index is -1.02. The smallest absolute Gasteiger partial charge is 0.335 e. The number of rotatable bonds is 6. The molecule has 0 radical (unpaired) electrons. The first-order chi connectivity index (χ1) is 12.4. The van der Waals surface area contributed by atoms with E-state index in [1.54, 1.807) is 24.3 Å². The maximum Gasteiger partial charge on any atom is 0.335 e. The van der Waals surface area contributed by atoms with Crippen molar-refractivity contribution in [3.05, 3.63) is 81.3 Å². The Morgan fingerprint density at radius 2 is 1.58 bits per heavy atom. The van der Waals surface area contributed by atoms with Crippen molar-refractivity contribution in [3.63, 3.8) is 0 Å². The number of aryl methyl sites for hydroxylation is 1. The Kier molecular flexibility index (Phi) is 5.60. The van der Waals surface area contributed by atoms with Gasteiger partial charge in [0, 0.05) is 12.8 Å². The fourth-order valence-corrected chi connectivity index (χ4v) is 3.23. The average Bonchev–Trinajstić information content (AvgIpc) is 2.62. The minimum absolute atomic E-state index is 0.0196. The number of carboxylic acid groups (broad SMARTS) is 1. The second-order valence-electron chi connectivity index (χ2n) is 6.13. The van der Waals surface area contributed by atoms with Crippen LogP contribution in [0.5, 0.6) is 0 Å². The first kappa shape index (κ1) is 18.4. The molecular formula is C21H16Cl2O3. The number of aromatic carboxylic acids is 1. The van der Waals surface area contributed by atoms with Crippen LogP contribution in [-0.4, -0.2) is 16.9 Å². The van der Waals surface area contributed by atoms with E-state index in [4.69, 9.17) is 23.2 Å². The Morgan fingerprint density at radius 1 is 0.885 bits per heavy atom. The SMILES string of the molecule is O=C(CCc1ccc(Cl)c(Cl)c1)Cc1cc2ccccc2cc1C(=O)O. The van der Waals surface area contributed by atoms with E-state index in [0.29, 0.717) is 28.5 Å². The van der Waals surface area contributed by atoms with Crippen molar-refractivity contribution in [2.45, 2.75) is 19.3 Å². The summed E-state index contributed by atoms with van der Waals surface area (Å²) in [6.07, 6.45) is 0.934. The first-order valence-electron chi connectivity index (χ1n) is 8.14. The highest BCUT2D eigenvalue weighted by atomic mass is 35.5. The topological polar surface area (TPSA) is 54.4 Å². The molecule has 3 aromatic carbocycles. The van der Waals surface area contributed by atoms with Crippen LogP contribution in [0.15, 0.2) is 54.6 Å². The van der Waals surface area contributed by atoms with Gasteiger partial charge in [-0.25, -0.2) is 4.79 Å². The number of carbonyl (C=O) groups is 2. The molecule has 0 spiro atoms. The molecule has 0 aliphatic rings. The molecule has 0 aromatic heterocycles. The van der Waals surface area contributed by atoms with Gasteiger partial charge < -0.3 is 5.11 Å². The van der Waals surface area contributed by atoms with Crippen molar-refractivity contribution in [2.75, 3.05) is 0 Å². The monoisotopic (exact) mass is 386 g/mol. The van der Waals surface area contributed by atoms with Gasteiger partial charge in [0.1, 0.15) is 5.78 Å². The van der Waals surface area contributed by atoms with Crippen LogP contribution in [0, 0.1) is 0 Å². The van der Waals surface area contributed by atoms with Gasteiger partial charge in [-0.3, -0.25) is 4.79 Å². The molecule has 0 saturated carbocycles. The molecular weight excluding hydrogens is 371 g/mol. The van der Waals surface area contributed by atoms with Gasteiger partial charge in [-0.2, -0.15) is 0 Å². The lowest BCUT2D eigenvalue weighted by atomic mass is 9.95. The van der Waals surface area contributed by atoms with E-state index >= 15 is 0 Å². The van der Waals surface area contributed by atoms with Crippen LogP contribution < -0.4 is 0 Å². The normalized spacial score (nSPS) is 10.8. The maximum atomic E-state index is 12.4. The summed E-state index contributed by atoms with van der Waals surface area (Å²) in [6, 6.07) is 16.2.